The van der Waals surface area contributed by atoms with Crippen molar-refractivity contribution in [3.05, 3.63) is 33.8 Å². The normalized spacial score (nSPS) is 10.1. The predicted octanol–water partition coefficient (Wildman–Crippen LogP) is 3.06. The van der Waals surface area contributed by atoms with Crippen molar-refractivity contribution < 1.29 is 14.3 Å². The quantitative estimate of drug-likeness (QED) is 0.776. The Kier molecular flexibility index (Phi) is 5.45. The van der Waals surface area contributed by atoms with Crippen LogP contribution in [-0.2, 0) is 20.7 Å². The Morgan fingerprint density at radius 1 is 1.18 bits per heavy atom. The summed E-state index contributed by atoms with van der Waals surface area (Å²) in [6.45, 7) is 0. The van der Waals surface area contributed by atoms with E-state index in [4.69, 9.17) is 23.2 Å². The molecule has 0 fully saturated rings. The van der Waals surface area contributed by atoms with Crippen molar-refractivity contribution in [2.45, 2.75) is 19.3 Å². The van der Waals surface area contributed by atoms with Gasteiger partial charge in [-0.05, 0) is 17.7 Å². The molecule has 0 spiro atoms. The summed E-state index contributed by atoms with van der Waals surface area (Å²) in [5.74, 6) is -0.415. The number of carbonyl (C=O) groups is 2. The first-order valence-electron chi connectivity index (χ1n) is 5.05. The number of rotatable bonds is 5. The molecule has 1 aromatic carbocycles. The van der Waals surface area contributed by atoms with Crippen molar-refractivity contribution in [1.29, 1.82) is 0 Å². The summed E-state index contributed by atoms with van der Waals surface area (Å²) in [6, 6.07) is 5.04. The van der Waals surface area contributed by atoms with Gasteiger partial charge in [-0.2, -0.15) is 0 Å². The van der Waals surface area contributed by atoms with Crippen molar-refractivity contribution in [1.82, 2.24) is 0 Å². The molecule has 0 radical (unpaired) electrons. The fourth-order valence-electron chi connectivity index (χ4n) is 1.31. The summed E-state index contributed by atoms with van der Waals surface area (Å²) in [4.78, 5) is 22.4. The van der Waals surface area contributed by atoms with Gasteiger partial charge in [0.2, 0.25) is 0 Å². The molecule has 0 aliphatic rings. The first kappa shape index (κ1) is 14.0. The van der Waals surface area contributed by atoms with Gasteiger partial charge in [-0.1, -0.05) is 29.3 Å². The van der Waals surface area contributed by atoms with Crippen molar-refractivity contribution in [2.24, 2.45) is 0 Å². The first-order chi connectivity index (χ1) is 8.02. The lowest BCUT2D eigenvalue weighted by molar-refractivity contribution is -0.141. The van der Waals surface area contributed by atoms with E-state index < -0.39 is 0 Å². The van der Waals surface area contributed by atoms with Crippen molar-refractivity contribution in [3.8, 4) is 0 Å². The molecule has 1 aromatic rings. The van der Waals surface area contributed by atoms with E-state index >= 15 is 0 Å². The van der Waals surface area contributed by atoms with Gasteiger partial charge in [0, 0.05) is 12.8 Å². The summed E-state index contributed by atoms with van der Waals surface area (Å²) in [5.41, 5.74) is 0.786. The molecule has 0 saturated carbocycles. The molecule has 0 aliphatic heterocycles. The van der Waals surface area contributed by atoms with Crippen LogP contribution in [0.25, 0.3) is 0 Å². The van der Waals surface area contributed by atoms with E-state index in [0.717, 1.165) is 5.56 Å². The standard InChI is InChI=1S/C12H12Cl2O3/c1-17-12(16)5-3-9(15)6-8-2-4-10(13)11(14)7-8/h2,4,7H,3,5-6H2,1H3. The summed E-state index contributed by atoms with van der Waals surface area (Å²) < 4.78 is 4.46. The van der Waals surface area contributed by atoms with Gasteiger partial charge in [-0.25, -0.2) is 0 Å². The molecule has 0 heterocycles. The van der Waals surface area contributed by atoms with E-state index in [-0.39, 0.29) is 31.0 Å². The van der Waals surface area contributed by atoms with Gasteiger partial charge in [0.1, 0.15) is 5.78 Å². The molecule has 0 amide bonds. The van der Waals surface area contributed by atoms with Crippen LogP contribution in [0.5, 0.6) is 0 Å². The van der Waals surface area contributed by atoms with Gasteiger partial charge < -0.3 is 4.74 Å². The van der Waals surface area contributed by atoms with Gasteiger partial charge in [0.05, 0.1) is 23.6 Å². The Labute approximate surface area is 110 Å². The number of benzene rings is 1. The highest BCUT2D eigenvalue weighted by Gasteiger charge is 2.09. The third-order valence-electron chi connectivity index (χ3n) is 2.22. The molecule has 92 valence electrons. The maximum atomic E-state index is 11.5. The topological polar surface area (TPSA) is 43.4 Å². The van der Waals surface area contributed by atoms with E-state index in [0.29, 0.717) is 10.0 Å². The molecule has 0 atom stereocenters. The number of ketones is 1. The van der Waals surface area contributed by atoms with E-state index in [1.807, 2.05) is 0 Å². The van der Waals surface area contributed by atoms with E-state index in [1.165, 1.54) is 7.11 Å². The van der Waals surface area contributed by atoms with E-state index in [2.05, 4.69) is 4.74 Å². The number of ether oxygens (including phenoxy) is 1. The summed E-state index contributed by atoms with van der Waals surface area (Å²) >= 11 is 11.6. The third kappa shape index (κ3) is 4.75. The first-order valence-corrected chi connectivity index (χ1v) is 5.81. The average Bonchev–Trinajstić information content (AvgIpc) is 2.31. The Morgan fingerprint density at radius 3 is 2.47 bits per heavy atom. The van der Waals surface area contributed by atoms with Crippen molar-refractivity contribution in [2.75, 3.05) is 7.11 Å². The second-order valence-corrected chi connectivity index (χ2v) is 4.35. The van der Waals surface area contributed by atoms with Crippen LogP contribution in [0.4, 0.5) is 0 Å². The third-order valence-corrected chi connectivity index (χ3v) is 2.96. The highest BCUT2D eigenvalue weighted by atomic mass is 35.5. The SMILES string of the molecule is COC(=O)CCC(=O)Cc1ccc(Cl)c(Cl)c1. The molecule has 0 bridgehead atoms. The smallest absolute Gasteiger partial charge is 0.305 e. The van der Waals surface area contributed by atoms with Crippen molar-refractivity contribution in [3.63, 3.8) is 0 Å². The fraction of sp³-hybridized carbons (Fsp3) is 0.333. The molecule has 1 rings (SSSR count). The summed E-state index contributed by atoms with van der Waals surface area (Å²) in [6.07, 6.45) is 0.525. The largest absolute Gasteiger partial charge is 0.469 e. The monoisotopic (exact) mass is 274 g/mol. The molecule has 0 unspecified atom stereocenters. The van der Waals surface area contributed by atoms with Crippen LogP contribution >= 0.6 is 23.2 Å². The van der Waals surface area contributed by atoms with Crippen LogP contribution in [0.3, 0.4) is 0 Å². The van der Waals surface area contributed by atoms with Crippen LogP contribution < -0.4 is 0 Å². The average molecular weight is 275 g/mol. The van der Waals surface area contributed by atoms with Gasteiger partial charge in [0.25, 0.3) is 0 Å². The molecular formula is C12H12Cl2O3. The lowest BCUT2D eigenvalue weighted by Gasteiger charge is -2.02. The Morgan fingerprint density at radius 2 is 1.88 bits per heavy atom. The maximum Gasteiger partial charge on any atom is 0.305 e. The summed E-state index contributed by atoms with van der Waals surface area (Å²) in [5, 5.41) is 0.877. The second-order valence-electron chi connectivity index (χ2n) is 3.54. The van der Waals surface area contributed by atoms with E-state index in [9.17, 15) is 9.59 Å². The lowest BCUT2D eigenvalue weighted by atomic mass is 10.1. The Hall–Kier alpha value is -1.06. The van der Waals surface area contributed by atoms with Gasteiger partial charge in [-0.3, -0.25) is 9.59 Å². The number of hydrogen-bond donors (Lipinski definition) is 0. The number of Topliss-reactive ketones (excluding diaryl/α,β-unsaturated/α-hetero) is 1. The van der Waals surface area contributed by atoms with Crippen LogP contribution in [-0.4, -0.2) is 18.9 Å². The molecule has 5 heteroatoms. The fourth-order valence-corrected chi connectivity index (χ4v) is 1.63. The molecule has 0 N–H and O–H groups in total. The lowest BCUT2D eigenvalue weighted by Crippen LogP contribution is -2.07. The minimum Gasteiger partial charge on any atom is -0.469 e. The van der Waals surface area contributed by atoms with Gasteiger partial charge in [-0.15, -0.1) is 0 Å². The minimum absolute atomic E-state index is 0.0335. The molecule has 0 saturated heterocycles. The van der Waals surface area contributed by atoms with Crippen LogP contribution in [0.2, 0.25) is 10.0 Å². The zero-order valence-corrected chi connectivity index (χ0v) is 10.8. The Bertz CT molecular complexity index is 430. The van der Waals surface area contributed by atoms with E-state index in [1.54, 1.807) is 18.2 Å². The van der Waals surface area contributed by atoms with Crippen LogP contribution in [0.15, 0.2) is 18.2 Å². The highest BCUT2D eigenvalue weighted by molar-refractivity contribution is 6.42. The minimum atomic E-state index is -0.382. The molecule has 0 aliphatic carbocycles. The number of halogens is 2. The molecular weight excluding hydrogens is 263 g/mol. The van der Waals surface area contributed by atoms with Crippen molar-refractivity contribution >= 4 is 35.0 Å². The zero-order valence-electron chi connectivity index (χ0n) is 9.33. The molecule has 17 heavy (non-hydrogen) atoms. The molecule has 0 aromatic heterocycles. The predicted molar refractivity (Wildman–Crippen MR) is 66.4 cm³/mol. The number of hydrogen-bond acceptors (Lipinski definition) is 3. The van der Waals surface area contributed by atoms with Gasteiger partial charge in [0.15, 0.2) is 0 Å². The zero-order chi connectivity index (χ0) is 12.8. The van der Waals surface area contributed by atoms with Crippen LogP contribution in [0, 0.1) is 0 Å². The highest BCUT2D eigenvalue weighted by Crippen LogP contribution is 2.23. The number of esters is 1. The maximum absolute atomic E-state index is 11.5. The van der Waals surface area contributed by atoms with Crippen LogP contribution in [0.1, 0.15) is 18.4 Å². The Balaban J connectivity index is 2.50. The number of carbonyl (C=O) groups excluding carboxylic acids is 2. The molecule has 3 nitrogen and oxygen atoms in total. The van der Waals surface area contributed by atoms with Gasteiger partial charge >= 0.3 is 5.97 Å². The summed E-state index contributed by atoms with van der Waals surface area (Å²) in [7, 11) is 1.30. The second kappa shape index (κ2) is 6.62. The number of methoxy groups -OCH3 is 1.